The second-order valence-electron chi connectivity index (χ2n) is 10.1. The van der Waals surface area contributed by atoms with Crippen LogP contribution in [0.25, 0.3) is 0 Å². The van der Waals surface area contributed by atoms with Crippen molar-refractivity contribution in [2.45, 2.75) is 45.8 Å². The molecule has 33 heavy (non-hydrogen) atoms. The largest absolute Gasteiger partial charge is 0.493 e. The van der Waals surface area contributed by atoms with E-state index in [-0.39, 0.29) is 17.9 Å². The molecule has 178 valence electrons. The Bertz CT molecular complexity index is 902. The number of halogens is 1. The Balaban J connectivity index is 1.43. The van der Waals surface area contributed by atoms with Crippen LogP contribution in [-0.2, 0) is 13.1 Å². The molecule has 1 N–H and O–H groups in total. The van der Waals surface area contributed by atoms with Gasteiger partial charge in [-0.15, -0.1) is 0 Å². The van der Waals surface area contributed by atoms with Crippen LogP contribution < -0.4 is 10.1 Å². The summed E-state index contributed by atoms with van der Waals surface area (Å²) in [6, 6.07) is 14.6. The second kappa shape index (κ2) is 10.6. The molecule has 2 atom stereocenters. The van der Waals surface area contributed by atoms with Crippen LogP contribution in [0.1, 0.15) is 37.8 Å². The standard InChI is InChI=1S/C27H36FN3O2/c1-19(2)18-33-25-12-6-20(7-13-25)14-29-27(32)31(15-21-4-10-24(28)11-5-21)26-22-8-9-23(26)17-30(3)16-22/h4-7,10-13,19,22-23,26H,8-9,14-18H2,1-3H3,(H,29,32). The third kappa shape index (κ3) is 6.05. The van der Waals surface area contributed by atoms with Crippen LogP contribution >= 0.6 is 0 Å². The summed E-state index contributed by atoms with van der Waals surface area (Å²) >= 11 is 0. The molecule has 2 fully saturated rings. The van der Waals surface area contributed by atoms with Crippen molar-refractivity contribution in [2.75, 3.05) is 26.7 Å². The van der Waals surface area contributed by atoms with E-state index in [4.69, 9.17) is 4.74 Å². The molecule has 6 heteroatoms. The Morgan fingerprint density at radius 2 is 1.67 bits per heavy atom. The normalized spacial score (nSPS) is 22.4. The van der Waals surface area contributed by atoms with Crippen LogP contribution in [-0.4, -0.2) is 48.6 Å². The van der Waals surface area contributed by atoms with E-state index in [1.54, 1.807) is 12.1 Å². The number of piperidine rings is 1. The molecule has 1 aliphatic heterocycles. The Kier molecular flexibility index (Phi) is 7.53. The van der Waals surface area contributed by atoms with Gasteiger partial charge >= 0.3 is 6.03 Å². The molecule has 0 radical (unpaired) electrons. The molecule has 2 bridgehead atoms. The topological polar surface area (TPSA) is 44.8 Å². The summed E-state index contributed by atoms with van der Waals surface area (Å²) in [4.78, 5) is 17.8. The molecule has 1 saturated carbocycles. The summed E-state index contributed by atoms with van der Waals surface area (Å²) < 4.78 is 19.2. The van der Waals surface area contributed by atoms with Gasteiger partial charge in [0.05, 0.1) is 6.61 Å². The Labute approximate surface area is 196 Å². The fraction of sp³-hybridized carbons (Fsp3) is 0.519. The quantitative estimate of drug-likeness (QED) is 0.618. The monoisotopic (exact) mass is 453 g/mol. The van der Waals surface area contributed by atoms with Crippen molar-refractivity contribution in [1.82, 2.24) is 15.1 Å². The maximum absolute atomic E-state index is 13.4. The van der Waals surface area contributed by atoms with E-state index in [9.17, 15) is 9.18 Å². The van der Waals surface area contributed by atoms with Gasteiger partial charge in [-0.1, -0.05) is 38.1 Å². The lowest BCUT2D eigenvalue weighted by molar-refractivity contribution is 0.0726. The second-order valence-corrected chi connectivity index (χ2v) is 10.1. The molecule has 0 spiro atoms. The molecule has 1 aliphatic carbocycles. The van der Waals surface area contributed by atoms with Crippen LogP contribution in [0.15, 0.2) is 48.5 Å². The molecule has 2 aromatic rings. The van der Waals surface area contributed by atoms with Crippen LogP contribution in [0, 0.1) is 23.6 Å². The van der Waals surface area contributed by atoms with Gasteiger partial charge in [-0.3, -0.25) is 0 Å². The summed E-state index contributed by atoms with van der Waals surface area (Å²) in [6.07, 6.45) is 2.31. The number of ether oxygens (including phenoxy) is 1. The number of fused-ring (bicyclic) bond motifs is 2. The van der Waals surface area contributed by atoms with Crippen LogP contribution in [0.5, 0.6) is 5.75 Å². The molecule has 2 amide bonds. The summed E-state index contributed by atoms with van der Waals surface area (Å²) in [5.74, 6) is 2.04. The molecule has 2 unspecified atom stereocenters. The number of carbonyl (C=O) groups excluding carboxylic acids is 1. The van der Waals surface area contributed by atoms with Crippen molar-refractivity contribution in [3.8, 4) is 5.75 Å². The van der Waals surface area contributed by atoms with Gasteiger partial charge < -0.3 is 19.9 Å². The van der Waals surface area contributed by atoms with Crippen LogP contribution in [0.2, 0.25) is 0 Å². The summed E-state index contributed by atoms with van der Waals surface area (Å²) in [5.41, 5.74) is 1.99. The number of benzene rings is 2. The first-order chi connectivity index (χ1) is 15.9. The fourth-order valence-corrected chi connectivity index (χ4v) is 5.28. The maximum atomic E-state index is 13.4. The number of amides is 2. The van der Waals surface area contributed by atoms with Crippen molar-refractivity contribution in [2.24, 2.45) is 17.8 Å². The summed E-state index contributed by atoms with van der Waals surface area (Å²) in [6.45, 7) is 7.93. The molecule has 1 heterocycles. The van der Waals surface area contributed by atoms with Crippen LogP contribution in [0.4, 0.5) is 9.18 Å². The van der Waals surface area contributed by atoms with E-state index in [2.05, 4.69) is 31.1 Å². The Hall–Kier alpha value is -2.60. The Morgan fingerprint density at radius 1 is 1.06 bits per heavy atom. The van der Waals surface area contributed by atoms with Crippen molar-refractivity contribution in [3.63, 3.8) is 0 Å². The lowest BCUT2D eigenvalue weighted by Crippen LogP contribution is -2.55. The number of rotatable bonds is 8. The highest BCUT2D eigenvalue weighted by atomic mass is 19.1. The van der Waals surface area contributed by atoms with Gasteiger partial charge in [-0.2, -0.15) is 0 Å². The highest BCUT2D eigenvalue weighted by Gasteiger charge is 2.45. The number of hydrogen-bond acceptors (Lipinski definition) is 3. The average molecular weight is 454 g/mol. The molecular weight excluding hydrogens is 417 g/mol. The number of likely N-dealkylation sites (tertiary alicyclic amines) is 1. The fourth-order valence-electron chi connectivity index (χ4n) is 5.28. The van der Waals surface area contributed by atoms with Crippen LogP contribution in [0.3, 0.4) is 0 Å². The van der Waals surface area contributed by atoms with Crippen molar-refractivity contribution in [3.05, 3.63) is 65.5 Å². The summed E-state index contributed by atoms with van der Waals surface area (Å²) in [7, 11) is 2.17. The summed E-state index contributed by atoms with van der Waals surface area (Å²) in [5, 5.41) is 3.14. The molecule has 2 aliphatic rings. The third-order valence-corrected chi connectivity index (χ3v) is 6.80. The van der Waals surface area contributed by atoms with Crippen molar-refractivity contribution in [1.29, 1.82) is 0 Å². The van der Waals surface area contributed by atoms with Gasteiger partial charge in [0.1, 0.15) is 11.6 Å². The minimum absolute atomic E-state index is 0.0501. The number of urea groups is 1. The van der Waals surface area contributed by atoms with Gasteiger partial charge in [0.25, 0.3) is 0 Å². The first-order valence-corrected chi connectivity index (χ1v) is 12.1. The van der Waals surface area contributed by atoms with Gasteiger partial charge in [0, 0.05) is 32.2 Å². The highest BCUT2D eigenvalue weighted by molar-refractivity contribution is 5.74. The molecule has 5 nitrogen and oxygen atoms in total. The zero-order chi connectivity index (χ0) is 23.4. The van der Waals surface area contributed by atoms with E-state index in [0.717, 1.165) is 42.8 Å². The molecule has 4 rings (SSSR count). The van der Waals surface area contributed by atoms with Gasteiger partial charge in [-0.25, -0.2) is 9.18 Å². The van der Waals surface area contributed by atoms with E-state index >= 15 is 0 Å². The maximum Gasteiger partial charge on any atom is 0.318 e. The number of nitrogens with zero attached hydrogens (tertiary/aromatic N) is 2. The van der Waals surface area contributed by atoms with Crippen molar-refractivity contribution < 1.29 is 13.9 Å². The van der Waals surface area contributed by atoms with Gasteiger partial charge in [0.2, 0.25) is 0 Å². The molecule has 2 aromatic carbocycles. The minimum atomic E-state index is -0.255. The SMILES string of the molecule is CC(C)COc1ccc(CNC(=O)N(Cc2ccc(F)cc2)C2C3CCC2CN(C)C3)cc1. The average Bonchev–Trinajstić information content (AvgIpc) is 3.06. The Morgan fingerprint density at radius 3 is 2.27 bits per heavy atom. The number of carbonyl (C=O) groups is 1. The highest BCUT2D eigenvalue weighted by Crippen LogP contribution is 2.40. The molecule has 1 saturated heterocycles. The first kappa shape index (κ1) is 23.6. The number of nitrogens with one attached hydrogen (secondary N) is 1. The van der Waals surface area contributed by atoms with Gasteiger partial charge in [-0.05, 0) is 73.0 Å². The van der Waals surface area contributed by atoms with Gasteiger partial charge in [0.15, 0.2) is 0 Å². The predicted molar refractivity (Wildman–Crippen MR) is 128 cm³/mol. The molecule has 0 aromatic heterocycles. The molecular formula is C27H36FN3O2. The lowest BCUT2D eigenvalue weighted by atomic mass is 9.90. The number of hydrogen-bond donors (Lipinski definition) is 1. The zero-order valence-electron chi connectivity index (χ0n) is 20.0. The smallest absolute Gasteiger partial charge is 0.318 e. The van der Waals surface area contributed by atoms with E-state index in [0.29, 0.717) is 37.5 Å². The van der Waals surface area contributed by atoms with E-state index in [1.807, 2.05) is 29.2 Å². The minimum Gasteiger partial charge on any atom is -0.493 e. The predicted octanol–water partition coefficient (Wildman–Crippen LogP) is 4.91. The zero-order valence-corrected chi connectivity index (χ0v) is 20.0. The van der Waals surface area contributed by atoms with Crippen molar-refractivity contribution >= 4 is 6.03 Å². The van der Waals surface area contributed by atoms with E-state index in [1.165, 1.54) is 12.1 Å². The first-order valence-electron chi connectivity index (χ1n) is 12.1. The van der Waals surface area contributed by atoms with E-state index < -0.39 is 0 Å². The lowest BCUT2D eigenvalue weighted by Gasteiger charge is -2.42. The third-order valence-electron chi connectivity index (χ3n) is 6.80.